The van der Waals surface area contributed by atoms with Crippen LogP contribution in [-0.2, 0) is 9.59 Å². The fourth-order valence-electron chi connectivity index (χ4n) is 5.94. The Morgan fingerprint density at radius 1 is 1.10 bits per heavy atom. The fourth-order valence-corrected chi connectivity index (χ4v) is 6.47. The SMILES string of the molecule is CN(C(=O)Oc1cc(F)cnc1Cl)[C@@H]1CN(C(=O)C2CCN(C(=O)C3(C)CC3)CC2)C[C@H]1C1C=C(Cl)C(Cl)=CC1. The van der Waals surface area contributed by atoms with Crippen molar-refractivity contribution in [2.45, 2.75) is 45.1 Å². The van der Waals surface area contributed by atoms with Crippen LogP contribution in [0, 0.1) is 29.0 Å². The van der Waals surface area contributed by atoms with Crippen LogP contribution in [0.5, 0.6) is 5.75 Å². The number of carbonyl (C=O) groups is 3. The first kappa shape index (κ1) is 29.1. The van der Waals surface area contributed by atoms with E-state index in [1.54, 1.807) is 7.05 Å². The number of carbonyl (C=O) groups excluding carboxylic acids is 3. The molecule has 1 aromatic rings. The van der Waals surface area contributed by atoms with E-state index in [4.69, 9.17) is 39.5 Å². The number of ether oxygens (including phenoxy) is 1. The smallest absolute Gasteiger partial charge is 0.407 e. The summed E-state index contributed by atoms with van der Waals surface area (Å²) in [4.78, 5) is 48.4. The summed E-state index contributed by atoms with van der Waals surface area (Å²) in [6.45, 7) is 3.89. The quantitative estimate of drug-likeness (QED) is 0.414. The third-order valence-corrected chi connectivity index (χ3v) is 9.82. The van der Waals surface area contributed by atoms with Crippen LogP contribution in [-0.4, -0.2) is 76.9 Å². The first-order valence-electron chi connectivity index (χ1n) is 13.5. The van der Waals surface area contributed by atoms with Gasteiger partial charge in [0.2, 0.25) is 11.8 Å². The van der Waals surface area contributed by atoms with Gasteiger partial charge in [0.15, 0.2) is 10.9 Å². The van der Waals surface area contributed by atoms with Gasteiger partial charge in [-0.25, -0.2) is 14.2 Å². The molecule has 40 heavy (non-hydrogen) atoms. The Bertz CT molecular complexity index is 1260. The van der Waals surface area contributed by atoms with E-state index in [0.29, 0.717) is 55.5 Å². The average Bonchev–Trinajstić information content (AvgIpc) is 3.54. The van der Waals surface area contributed by atoms with Gasteiger partial charge in [0, 0.05) is 56.5 Å². The number of piperidine rings is 1. The number of likely N-dealkylation sites (tertiary alicyclic amines) is 2. The van der Waals surface area contributed by atoms with Gasteiger partial charge in [0.25, 0.3) is 0 Å². The second-order valence-electron chi connectivity index (χ2n) is 11.5. The molecule has 12 heteroatoms. The van der Waals surface area contributed by atoms with Crippen molar-refractivity contribution in [3.05, 3.63) is 45.5 Å². The lowest BCUT2D eigenvalue weighted by Crippen LogP contribution is -2.47. The molecule has 0 bridgehead atoms. The van der Waals surface area contributed by atoms with E-state index in [1.165, 1.54) is 4.90 Å². The molecule has 3 fully saturated rings. The summed E-state index contributed by atoms with van der Waals surface area (Å²) in [6.07, 6.45) is 7.62. The van der Waals surface area contributed by atoms with Crippen LogP contribution in [0.15, 0.2) is 34.5 Å². The molecule has 2 aliphatic heterocycles. The fraction of sp³-hybridized carbons (Fsp3) is 0.571. The molecular formula is C28H32Cl3FN4O4. The number of rotatable bonds is 5. The summed E-state index contributed by atoms with van der Waals surface area (Å²) in [7, 11) is 1.59. The molecule has 3 heterocycles. The number of likely N-dealkylation sites (N-methyl/N-ethyl adjacent to an activating group) is 1. The van der Waals surface area contributed by atoms with Gasteiger partial charge < -0.3 is 19.4 Å². The van der Waals surface area contributed by atoms with Crippen molar-refractivity contribution >= 4 is 52.7 Å². The summed E-state index contributed by atoms with van der Waals surface area (Å²) >= 11 is 18.5. The zero-order valence-corrected chi connectivity index (χ0v) is 24.7. The summed E-state index contributed by atoms with van der Waals surface area (Å²) in [5.74, 6) is -1.05. The minimum atomic E-state index is -0.738. The molecule has 2 aliphatic carbocycles. The number of hydrogen-bond donors (Lipinski definition) is 0. The van der Waals surface area contributed by atoms with Gasteiger partial charge in [-0.1, -0.05) is 53.9 Å². The standard InChI is InChI=1S/C28H32Cl3FN4O4/c1-28(7-8-28)26(38)35-9-5-16(6-10-35)25(37)36-14-19(17-3-4-20(29)21(30)11-17)22(15-36)34(2)27(39)40-23-12-18(32)13-33-24(23)31/h4,11-13,16-17,19,22H,3,5-10,14-15H2,1-2H3/t17?,19-,22+/m0/s1. The molecule has 2 saturated heterocycles. The lowest BCUT2D eigenvalue weighted by atomic mass is 9.83. The first-order chi connectivity index (χ1) is 19.0. The highest BCUT2D eigenvalue weighted by atomic mass is 35.5. The van der Waals surface area contributed by atoms with E-state index < -0.39 is 18.0 Å². The molecule has 0 N–H and O–H groups in total. The molecule has 0 radical (unpaired) electrons. The van der Waals surface area contributed by atoms with Gasteiger partial charge in [-0.05, 0) is 38.0 Å². The van der Waals surface area contributed by atoms with Gasteiger partial charge in [-0.3, -0.25) is 9.59 Å². The summed E-state index contributed by atoms with van der Waals surface area (Å²) in [6, 6.07) is 0.601. The predicted octanol–water partition coefficient (Wildman–Crippen LogP) is 5.44. The van der Waals surface area contributed by atoms with Crippen LogP contribution in [0.2, 0.25) is 5.15 Å². The summed E-state index contributed by atoms with van der Waals surface area (Å²) < 4.78 is 19.1. The Morgan fingerprint density at radius 2 is 1.80 bits per heavy atom. The monoisotopic (exact) mass is 612 g/mol. The molecule has 1 unspecified atom stereocenters. The van der Waals surface area contributed by atoms with Crippen molar-refractivity contribution in [1.29, 1.82) is 0 Å². The van der Waals surface area contributed by atoms with Crippen LogP contribution in [0.3, 0.4) is 0 Å². The third-order valence-electron chi connectivity index (χ3n) is 8.76. The van der Waals surface area contributed by atoms with Crippen molar-refractivity contribution in [2.24, 2.45) is 23.2 Å². The third kappa shape index (κ3) is 5.97. The highest BCUT2D eigenvalue weighted by molar-refractivity contribution is 6.44. The van der Waals surface area contributed by atoms with E-state index >= 15 is 0 Å². The van der Waals surface area contributed by atoms with E-state index in [-0.39, 0.29) is 45.9 Å². The van der Waals surface area contributed by atoms with Gasteiger partial charge >= 0.3 is 6.09 Å². The number of halogens is 4. The zero-order chi connectivity index (χ0) is 28.8. The Kier molecular flexibility index (Phi) is 8.37. The Labute approximate surface area is 248 Å². The summed E-state index contributed by atoms with van der Waals surface area (Å²) in [5.41, 5.74) is -0.219. The topological polar surface area (TPSA) is 83.1 Å². The average molecular weight is 614 g/mol. The van der Waals surface area contributed by atoms with E-state index in [0.717, 1.165) is 25.1 Å². The van der Waals surface area contributed by atoms with Gasteiger partial charge in [-0.2, -0.15) is 0 Å². The summed E-state index contributed by atoms with van der Waals surface area (Å²) in [5, 5.41) is 0.777. The largest absolute Gasteiger partial charge is 0.415 e. The minimum Gasteiger partial charge on any atom is -0.407 e. The number of nitrogens with zero attached hydrogens (tertiary/aromatic N) is 4. The molecule has 216 valence electrons. The Morgan fingerprint density at radius 3 is 2.45 bits per heavy atom. The van der Waals surface area contributed by atoms with Gasteiger partial charge in [-0.15, -0.1) is 0 Å². The van der Waals surface area contributed by atoms with Crippen LogP contribution < -0.4 is 4.74 Å². The Balaban J connectivity index is 1.29. The highest BCUT2D eigenvalue weighted by Gasteiger charge is 2.49. The minimum absolute atomic E-state index is 0.0239. The van der Waals surface area contributed by atoms with E-state index in [1.807, 2.05) is 28.9 Å². The highest BCUT2D eigenvalue weighted by Crippen LogP contribution is 2.47. The Hall–Kier alpha value is -2.36. The second kappa shape index (κ2) is 11.5. The van der Waals surface area contributed by atoms with Crippen molar-refractivity contribution in [3.8, 4) is 5.75 Å². The van der Waals surface area contributed by atoms with Crippen molar-refractivity contribution in [2.75, 3.05) is 33.2 Å². The maximum atomic E-state index is 13.7. The maximum Gasteiger partial charge on any atom is 0.415 e. The number of allylic oxidation sites excluding steroid dienone is 4. The van der Waals surface area contributed by atoms with E-state index in [2.05, 4.69) is 4.98 Å². The molecule has 0 spiro atoms. The zero-order valence-electron chi connectivity index (χ0n) is 22.4. The van der Waals surface area contributed by atoms with Gasteiger partial charge in [0.1, 0.15) is 5.82 Å². The molecule has 4 aliphatic rings. The molecule has 1 saturated carbocycles. The molecule has 3 amide bonds. The molecule has 0 aromatic carbocycles. The van der Waals surface area contributed by atoms with Gasteiger partial charge in [0.05, 0.1) is 22.3 Å². The lowest BCUT2D eigenvalue weighted by Gasteiger charge is -2.34. The molecule has 3 atom stereocenters. The number of aromatic nitrogens is 1. The normalized spacial score (nSPS) is 26.2. The van der Waals surface area contributed by atoms with Crippen LogP contribution >= 0.6 is 34.8 Å². The maximum absolute atomic E-state index is 13.7. The van der Waals surface area contributed by atoms with Crippen molar-refractivity contribution in [1.82, 2.24) is 19.7 Å². The number of hydrogen-bond acceptors (Lipinski definition) is 5. The molecule has 8 nitrogen and oxygen atoms in total. The number of pyridine rings is 1. The van der Waals surface area contributed by atoms with E-state index in [9.17, 15) is 18.8 Å². The van der Waals surface area contributed by atoms with Crippen LogP contribution in [0.25, 0.3) is 0 Å². The number of amides is 3. The van der Waals surface area contributed by atoms with Crippen LogP contribution in [0.1, 0.15) is 39.0 Å². The second-order valence-corrected chi connectivity index (χ2v) is 12.7. The first-order valence-corrected chi connectivity index (χ1v) is 14.7. The van der Waals surface area contributed by atoms with Crippen molar-refractivity contribution in [3.63, 3.8) is 0 Å². The molecule has 1 aromatic heterocycles. The van der Waals surface area contributed by atoms with Crippen molar-refractivity contribution < 1.29 is 23.5 Å². The lowest BCUT2D eigenvalue weighted by molar-refractivity contribution is -0.142. The van der Waals surface area contributed by atoms with Crippen LogP contribution in [0.4, 0.5) is 9.18 Å². The molecular weight excluding hydrogens is 582 g/mol. The molecule has 5 rings (SSSR count). The predicted molar refractivity (Wildman–Crippen MR) is 149 cm³/mol.